The maximum Gasteiger partial charge on any atom is 0.230 e. The van der Waals surface area contributed by atoms with Crippen molar-refractivity contribution in [2.75, 3.05) is 19.5 Å². The lowest BCUT2D eigenvalue weighted by Crippen LogP contribution is -2.14. The van der Waals surface area contributed by atoms with E-state index in [1.165, 1.54) is 17.4 Å². The molecule has 0 atom stereocenters. The number of amides is 1. The van der Waals surface area contributed by atoms with Crippen LogP contribution >= 0.6 is 11.3 Å². The first-order chi connectivity index (χ1) is 13.0. The van der Waals surface area contributed by atoms with E-state index in [0.29, 0.717) is 17.2 Å². The summed E-state index contributed by atoms with van der Waals surface area (Å²) in [5.74, 6) is -1.15. The Morgan fingerprint density at radius 2 is 1.85 bits per heavy atom. The number of halogens is 2. The van der Waals surface area contributed by atoms with Gasteiger partial charge < -0.3 is 14.8 Å². The highest BCUT2D eigenvalue weighted by Gasteiger charge is 2.12. The molecule has 0 aliphatic heterocycles. The Morgan fingerprint density at radius 1 is 1.07 bits per heavy atom. The molecule has 2 aromatic carbocycles. The lowest BCUT2D eigenvalue weighted by atomic mass is 10.2. The predicted molar refractivity (Wildman–Crippen MR) is 99.3 cm³/mol. The Bertz CT molecular complexity index is 975. The number of hydrogen-bond donors (Lipinski definition) is 1. The van der Waals surface area contributed by atoms with Crippen molar-refractivity contribution in [2.45, 2.75) is 6.42 Å². The fraction of sp³-hybridized carbons (Fsp3) is 0.158. The van der Waals surface area contributed by atoms with Gasteiger partial charge in [0.25, 0.3) is 0 Å². The molecule has 0 unspecified atom stereocenters. The normalized spacial score (nSPS) is 10.5. The van der Waals surface area contributed by atoms with Crippen LogP contribution < -0.4 is 14.8 Å². The maximum atomic E-state index is 13.2. The number of hydrogen-bond acceptors (Lipinski definition) is 5. The summed E-state index contributed by atoms with van der Waals surface area (Å²) in [6.07, 6.45) is 0.0167. The lowest BCUT2D eigenvalue weighted by Gasteiger charge is -2.08. The number of anilines is 1. The van der Waals surface area contributed by atoms with Gasteiger partial charge in [-0.2, -0.15) is 0 Å². The van der Waals surface area contributed by atoms with Crippen molar-refractivity contribution in [1.82, 2.24) is 4.98 Å². The van der Waals surface area contributed by atoms with E-state index >= 15 is 0 Å². The fourth-order valence-electron chi connectivity index (χ4n) is 2.43. The Labute approximate surface area is 158 Å². The summed E-state index contributed by atoms with van der Waals surface area (Å²) in [6, 6.07) is 8.64. The first-order valence-corrected chi connectivity index (χ1v) is 8.80. The average Bonchev–Trinajstić information content (AvgIpc) is 3.12. The minimum Gasteiger partial charge on any atom is -0.493 e. The number of aromatic nitrogens is 1. The van der Waals surface area contributed by atoms with Crippen LogP contribution in [0, 0.1) is 11.6 Å². The molecule has 0 bridgehead atoms. The molecule has 0 fully saturated rings. The van der Waals surface area contributed by atoms with E-state index in [9.17, 15) is 13.6 Å². The molecule has 1 N–H and O–H groups in total. The third kappa shape index (κ3) is 4.40. The molecule has 0 saturated heterocycles. The van der Waals surface area contributed by atoms with Crippen molar-refractivity contribution in [2.24, 2.45) is 0 Å². The second-order valence-corrected chi connectivity index (χ2v) is 6.43. The summed E-state index contributed by atoms with van der Waals surface area (Å²) < 4.78 is 36.6. The smallest absolute Gasteiger partial charge is 0.230 e. The zero-order chi connectivity index (χ0) is 19.4. The fourth-order valence-corrected chi connectivity index (χ4v) is 3.25. The number of benzene rings is 2. The minimum absolute atomic E-state index is 0.0167. The Hall–Kier alpha value is -3.00. The number of nitrogens with zero attached hydrogens (tertiary/aromatic N) is 1. The number of rotatable bonds is 6. The summed E-state index contributed by atoms with van der Waals surface area (Å²) in [4.78, 5) is 16.6. The monoisotopic (exact) mass is 390 g/mol. The highest BCUT2D eigenvalue weighted by molar-refractivity contribution is 7.13. The maximum absolute atomic E-state index is 13.2. The van der Waals surface area contributed by atoms with Gasteiger partial charge in [-0.1, -0.05) is 0 Å². The molecule has 8 heteroatoms. The van der Waals surface area contributed by atoms with Gasteiger partial charge in [-0.05, 0) is 30.3 Å². The summed E-state index contributed by atoms with van der Waals surface area (Å²) in [6.45, 7) is 0. The van der Waals surface area contributed by atoms with E-state index in [2.05, 4.69) is 10.3 Å². The second kappa shape index (κ2) is 8.13. The highest BCUT2D eigenvalue weighted by Crippen LogP contribution is 2.33. The van der Waals surface area contributed by atoms with Crippen molar-refractivity contribution < 1.29 is 23.0 Å². The van der Waals surface area contributed by atoms with Gasteiger partial charge in [0.05, 0.1) is 26.3 Å². The number of carbonyl (C=O) groups is 1. The van der Waals surface area contributed by atoms with Crippen LogP contribution in [0.3, 0.4) is 0 Å². The Kier molecular flexibility index (Phi) is 5.66. The van der Waals surface area contributed by atoms with Gasteiger partial charge in [-0.15, -0.1) is 11.3 Å². The van der Waals surface area contributed by atoms with Crippen LogP contribution in [0.2, 0.25) is 0 Å². The second-order valence-electron chi connectivity index (χ2n) is 5.57. The molecule has 1 heterocycles. The van der Waals surface area contributed by atoms with E-state index in [0.717, 1.165) is 22.7 Å². The van der Waals surface area contributed by atoms with E-state index < -0.39 is 11.6 Å². The van der Waals surface area contributed by atoms with Crippen LogP contribution in [0.1, 0.15) is 5.69 Å². The van der Waals surface area contributed by atoms with Crippen molar-refractivity contribution in [3.63, 3.8) is 0 Å². The molecule has 3 rings (SSSR count). The van der Waals surface area contributed by atoms with E-state index in [1.54, 1.807) is 25.7 Å². The number of carbonyl (C=O) groups excluding carboxylic acids is 1. The number of methoxy groups -OCH3 is 2. The molecule has 140 valence electrons. The molecule has 5 nitrogen and oxygen atoms in total. The molecular formula is C19H16F2N2O3S. The molecule has 0 spiro atoms. The lowest BCUT2D eigenvalue weighted by molar-refractivity contribution is -0.115. The van der Waals surface area contributed by atoms with E-state index in [-0.39, 0.29) is 18.0 Å². The molecule has 1 aromatic heterocycles. The van der Waals surface area contributed by atoms with Gasteiger partial charge in [0.15, 0.2) is 23.1 Å². The quantitative estimate of drug-likeness (QED) is 0.682. The van der Waals surface area contributed by atoms with Gasteiger partial charge in [-0.25, -0.2) is 13.8 Å². The Morgan fingerprint density at radius 3 is 2.56 bits per heavy atom. The van der Waals surface area contributed by atoms with Crippen molar-refractivity contribution in [3.05, 3.63) is 59.1 Å². The molecule has 0 aliphatic rings. The zero-order valence-corrected chi connectivity index (χ0v) is 15.4. The topological polar surface area (TPSA) is 60.5 Å². The third-order valence-electron chi connectivity index (χ3n) is 3.73. The SMILES string of the molecule is COc1ccc(-c2nc(CC(=O)Nc3ccc(F)c(F)c3)cs2)cc1OC. The zero-order valence-electron chi connectivity index (χ0n) is 14.6. The molecule has 0 saturated carbocycles. The van der Waals surface area contributed by atoms with E-state index in [4.69, 9.17) is 9.47 Å². The van der Waals surface area contributed by atoms with Crippen LogP contribution in [0.5, 0.6) is 11.5 Å². The van der Waals surface area contributed by atoms with Crippen LogP contribution in [0.4, 0.5) is 14.5 Å². The molecule has 27 heavy (non-hydrogen) atoms. The van der Waals surface area contributed by atoms with Gasteiger partial charge >= 0.3 is 0 Å². The average molecular weight is 390 g/mol. The summed E-state index contributed by atoms with van der Waals surface area (Å²) in [5, 5.41) is 5.03. The number of ether oxygens (including phenoxy) is 2. The Balaban J connectivity index is 1.70. The molecule has 1 amide bonds. The van der Waals surface area contributed by atoms with Crippen molar-refractivity contribution in [1.29, 1.82) is 0 Å². The van der Waals surface area contributed by atoms with Gasteiger partial charge in [-0.3, -0.25) is 4.79 Å². The predicted octanol–water partition coefficient (Wildman–Crippen LogP) is 4.29. The first-order valence-electron chi connectivity index (χ1n) is 7.92. The summed E-state index contributed by atoms with van der Waals surface area (Å²) in [7, 11) is 3.11. The van der Waals surface area contributed by atoms with Crippen LogP contribution in [-0.4, -0.2) is 25.1 Å². The summed E-state index contributed by atoms with van der Waals surface area (Å²) in [5.41, 5.74) is 1.60. The van der Waals surface area contributed by atoms with Gasteiger partial charge in [0.1, 0.15) is 5.01 Å². The standard InChI is InChI=1S/C19H16F2N2O3S/c1-25-16-6-3-11(7-17(16)26-2)19-23-13(10-27-19)9-18(24)22-12-4-5-14(20)15(21)8-12/h3-8,10H,9H2,1-2H3,(H,22,24). The van der Waals surface area contributed by atoms with Crippen LogP contribution in [-0.2, 0) is 11.2 Å². The van der Waals surface area contributed by atoms with E-state index in [1.807, 2.05) is 12.1 Å². The van der Waals surface area contributed by atoms with Crippen molar-refractivity contribution in [3.8, 4) is 22.1 Å². The number of nitrogens with one attached hydrogen (secondary N) is 1. The minimum atomic E-state index is -1.02. The van der Waals surface area contributed by atoms with Crippen LogP contribution in [0.25, 0.3) is 10.6 Å². The first kappa shape index (κ1) is 18.8. The van der Waals surface area contributed by atoms with Crippen molar-refractivity contribution >= 4 is 22.9 Å². The van der Waals surface area contributed by atoms with Crippen LogP contribution in [0.15, 0.2) is 41.8 Å². The third-order valence-corrected chi connectivity index (χ3v) is 4.67. The highest BCUT2D eigenvalue weighted by atomic mass is 32.1. The number of thiazole rings is 1. The van der Waals surface area contributed by atoms with Gasteiger partial charge in [0, 0.05) is 22.7 Å². The van der Waals surface area contributed by atoms with Gasteiger partial charge in [0.2, 0.25) is 5.91 Å². The molecule has 3 aromatic rings. The molecular weight excluding hydrogens is 374 g/mol. The molecule has 0 aliphatic carbocycles. The largest absolute Gasteiger partial charge is 0.493 e. The molecule has 0 radical (unpaired) electrons. The summed E-state index contributed by atoms with van der Waals surface area (Å²) >= 11 is 1.39.